The van der Waals surface area contributed by atoms with Gasteiger partial charge in [-0.05, 0) is 26.7 Å². The summed E-state index contributed by atoms with van der Waals surface area (Å²) in [6.07, 6.45) is 1.93. The van der Waals surface area contributed by atoms with Gasteiger partial charge in [-0.1, -0.05) is 0 Å². The lowest BCUT2D eigenvalue weighted by Gasteiger charge is -2.36. The molecule has 0 saturated carbocycles. The summed E-state index contributed by atoms with van der Waals surface area (Å²) in [4.78, 5) is 11.0. The molecule has 0 unspecified atom stereocenters. The van der Waals surface area contributed by atoms with E-state index < -0.39 is 10.2 Å². The highest BCUT2D eigenvalue weighted by molar-refractivity contribution is 7.86. The number of nitrogens with one attached hydrogen (secondary N) is 1. The maximum atomic E-state index is 12.6. The lowest BCUT2D eigenvalue weighted by molar-refractivity contribution is 0.343. The number of aryl methyl sites for hydroxylation is 1. The van der Waals surface area contributed by atoms with Gasteiger partial charge in [0.15, 0.2) is 0 Å². The first kappa shape index (κ1) is 17.4. The minimum atomic E-state index is -3.30. The van der Waals surface area contributed by atoms with Crippen LogP contribution in [0.25, 0.3) is 0 Å². The maximum Gasteiger partial charge on any atom is 0.282 e. The van der Waals surface area contributed by atoms with Crippen molar-refractivity contribution in [2.75, 3.05) is 56.0 Å². The molecule has 2 fully saturated rings. The molecule has 24 heavy (non-hydrogen) atoms. The van der Waals surface area contributed by atoms with Crippen LogP contribution < -0.4 is 10.2 Å². The summed E-state index contributed by atoms with van der Waals surface area (Å²) in [5.41, 5.74) is 0.906. The summed E-state index contributed by atoms with van der Waals surface area (Å²) in [7, 11) is -3.30. The molecule has 1 N–H and O–H groups in total. The standard InChI is InChI=1S/C15H26N6O2S/c1-3-16-15-17-13(2)12-14(18-15)19-8-10-21(11-9-19)24(22,23)20-6-4-5-7-20/h12H,3-11H2,1-2H3,(H,16,17,18). The van der Waals surface area contributed by atoms with Gasteiger partial charge in [0, 0.05) is 57.6 Å². The fourth-order valence-electron chi connectivity index (χ4n) is 3.18. The number of anilines is 2. The van der Waals surface area contributed by atoms with Crippen molar-refractivity contribution < 1.29 is 8.42 Å². The van der Waals surface area contributed by atoms with Gasteiger partial charge in [0.2, 0.25) is 5.95 Å². The predicted octanol–water partition coefficient (Wildman–Crippen LogP) is 0.679. The second-order valence-corrected chi connectivity index (χ2v) is 8.15. The normalized spacial score (nSPS) is 20.5. The highest BCUT2D eigenvalue weighted by Gasteiger charge is 2.34. The molecule has 1 aromatic heterocycles. The average molecular weight is 354 g/mol. The summed E-state index contributed by atoms with van der Waals surface area (Å²) in [6, 6.07) is 1.95. The Labute approximate surface area is 144 Å². The first-order valence-corrected chi connectivity index (χ1v) is 10.00. The molecule has 0 radical (unpaired) electrons. The third kappa shape index (κ3) is 3.62. The van der Waals surface area contributed by atoms with Crippen LogP contribution in [0.2, 0.25) is 0 Å². The molecule has 0 aliphatic carbocycles. The Morgan fingerprint density at radius 2 is 1.67 bits per heavy atom. The van der Waals surface area contributed by atoms with Gasteiger partial charge in [-0.2, -0.15) is 22.0 Å². The number of rotatable bonds is 5. The van der Waals surface area contributed by atoms with Crippen LogP contribution >= 0.6 is 0 Å². The van der Waals surface area contributed by atoms with Gasteiger partial charge in [-0.3, -0.25) is 0 Å². The predicted molar refractivity (Wildman–Crippen MR) is 94.4 cm³/mol. The van der Waals surface area contributed by atoms with E-state index in [0.29, 0.717) is 45.2 Å². The van der Waals surface area contributed by atoms with E-state index in [9.17, 15) is 8.42 Å². The molecule has 2 saturated heterocycles. The molecule has 0 aromatic carbocycles. The van der Waals surface area contributed by atoms with Gasteiger partial charge in [0.1, 0.15) is 5.82 Å². The third-order valence-electron chi connectivity index (χ3n) is 4.46. The van der Waals surface area contributed by atoms with Crippen molar-refractivity contribution in [2.45, 2.75) is 26.7 Å². The Morgan fingerprint density at radius 1 is 1.04 bits per heavy atom. The Hall–Kier alpha value is -1.45. The van der Waals surface area contributed by atoms with Crippen molar-refractivity contribution >= 4 is 22.0 Å². The smallest absolute Gasteiger partial charge is 0.282 e. The first-order valence-electron chi connectivity index (χ1n) is 8.60. The summed E-state index contributed by atoms with van der Waals surface area (Å²) in [5.74, 6) is 1.48. The second-order valence-electron chi connectivity index (χ2n) is 6.22. The lowest BCUT2D eigenvalue weighted by Crippen LogP contribution is -2.52. The third-order valence-corrected chi connectivity index (χ3v) is 6.49. The average Bonchev–Trinajstić information content (AvgIpc) is 3.10. The molecule has 9 heteroatoms. The molecule has 0 spiro atoms. The van der Waals surface area contributed by atoms with Gasteiger partial charge >= 0.3 is 0 Å². The molecule has 0 bridgehead atoms. The monoisotopic (exact) mass is 354 g/mol. The minimum absolute atomic E-state index is 0.498. The molecule has 1 aromatic rings. The number of hydrogen-bond donors (Lipinski definition) is 1. The molecule has 0 atom stereocenters. The van der Waals surface area contributed by atoms with Crippen LogP contribution in [0.4, 0.5) is 11.8 Å². The highest BCUT2D eigenvalue weighted by atomic mass is 32.2. The fraction of sp³-hybridized carbons (Fsp3) is 0.733. The zero-order chi connectivity index (χ0) is 17.2. The number of hydrogen-bond acceptors (Lipinski definition) is 6. The number of nitrogens with zero attached hydrogens (tertiary/aromatic N) is 5. The van der Waals surface area contributed by atoms with Crippen molar-refractivity contribution in [1.29, 1.82) is 0 Å². The van der Waals surface area contributed by atoms with Crippen LogP contribution in [0, 0.1) is 6.92 Å². The molecular formula is C15H26N6O2S. The Morgan fingerprint density at radius 3 is 2.29 bits per heavy atom. The van der Waals surface area contributed by atoms with Crippen LogP contribution in [-0.2, 0) is 10.2 Å². The van der Waals surface area contributed by atoms with Crippen LogP contribution in [0.3, 0.4) is 0 Å². The van der Waals surface area contributed by atoms with Crippen molar-refractivity contribution in [3.05, 3.63) is 11.8 Å². The van der Waals surface area contributed by atoms with Gasteiger partial charge in [-0.15, -0.1) is 0 Å². The van der Waals surface area contributed by atoms with E-state index >= 15 is 0 Å². The maximum absolute atomic E-state index is 12.6. The molecule has 2 aliphatic rings. The van der Waals surface area contributed by atoms with Crippen LogP contribution in [-0.4, -0.2) is 72.8 Å². The van der Waals surface area contributed by atoms with E-state index in [1.165, 1.54) is 0 Å². The quantitative estimate of drug-likeness (QED) is 0.837. The van der Waals surface area contributed by atoms with Gasteiger partial charge in [-0.25, -0.2) is 4.98 Å². The summed E-state index contributed by atoms with van der Waals surface area (Å²) >= 11 is 0. The summed E-state index contributed by atoms with van der Waals surface area (Å²) < 4.78 is 28.5. The van der Waals surface area contributed by atoms with Crippen molar-refractivity contribution in [2.24, 2.45) is 0 Å². The largest absolute Gasteiger partial charge is 0.354 e. The van der Waals surface area contributed by atoms with Crippen molar-refractivity contribution in [3.8, 4) is 0 Å². The highest BCUT2D eigenvalue weighted by Crippen LogP contribution is 2.21. The van der Waals surface area contributed by atoms with Crippen LogP contribution in [0.15, 0.2) is 6.07 Å². The van der Waals surface area contributed by atoms with E-state index in [-0.39, 0.29) is 0 Å². The first-order chi connectivity index (χ1) is 11.5. The Kier molecular flexibility index (Phi) is 5.21. The van der Waals surface area contributed by atoms with E-state index in [2.05, 4.69) is 20.2 Å². The Balaban J connectivity index is 1.67. The molecule has 3 heterocycles. The van der Waals surface area contributed by atoms with Gasteiger partial charge in [0.05, 0.1) is 0 Å². The Bertz CT molecular complexity index is 667. The SMILES string of the molecule is CCNc1nc(C)cc(N2CCN(S(=O)(=O)N3CCCC3)CC2)n1. The summed E-state index contributed by atoms with van der Waals surface area (Å²) in [6.45, 7) is 8.32. The van der Waals surface area contributed by atoms with Gasteiger partial charge < -0.3 is 10.2 Å². The van der Waals surface area contributed by atoms with Gasteiger partial charge in [0.25, 0.3) is 10.2 Å². The number of aromatic nitrogens is 2. The van der Waals surface area contributed by atoms with E-state index in [0.717, 1.165) is 30.9 Å². The van der Waals surface area contributed by atoms with Crippen molar-refractivity contribution in [1.82, 2.24) is 18.6 Å². The molecule has 0 amide bonds. The molecular weight excluding hydrogens is 328 g/mol. The molecule has 2 aliphatic heterocycles. The fourth-order valence-corrected chi connectivity index (χ4v) is 4.85. The second kappa shape index (κ2) is 7.20. The van der Waals surface area contributed by atoms with Crippen LogP contribution in [0.1, 0.15) is 25.5 Å². The van der Waals surface area contributed by atoms with E-state index in [1.54, 1.807) is 8.61 Å². The lowest BCUT2D eigenvalue weighted by atomic mass is 10.3. The van der Waals surface area contributed by atoms with Crippen LogP contribution in [0.5, 0.6) is 0 Å². The topological polar surface area (TPSA) is 81.7 Å². The summed E-state index contributed by atoms with van der Waals surface area (Å²) in [5, 5.41) is 3.14. The van der Waals surface area contributed by atoms with Crippen molar-refractivity contribution in [3.63, 3.8) is 0 Å². The minimum Gasteiger partial charge on any atom is -0.354 e. The zero-order valence-corrected chi connectivity index (χ0v) is 15.2. The molecule has 134 valence electrons. The molecule has 3 rings (SSSR count). The molecule has 8 nitrogen and oxygen atoms in total. The van der Waals surface area contributed by atoms with E-state index in [4.69, 9.17) is 0 Å². The van der Waals surface area contributed by atoms with E-state index in [1.807, 2.05) is 19.9 Å². The zero-order valence-electron chi connectivity index (χ0n) is 14.4. The number of piperazine rings is 1.